The number of hydrogen-bond donors (Lipinski definition) is 1. The number of rotatable bonds is 6. The average Bonchev–Trinajstić information content (AvgIpc) is 3.01. The van der Waals surface area contributed by atoms with E-state index in [-0.39, 0.29) is 29.8 Å². The number of hydrogen-bond acceptors (Lipinski definition) is 5. The summed E-state index contributed by atoms with van der Waals surface area (Å²) in [6.07, 6.45) is 3.68. The second-order valence-corrected chi connectivity index (χ2v) is 9.24. The van der Waals surface area contributed by atoms with Crippen molar-refractivity contribution in [3.63, 3.8) is 0 Å². The molecule has 0 spiro atoms. The largest absolute Gasteiger partial charge is 0.464 e. The van der Waals surface area contributed by atoms with Crippen LogP contribution in [0.5, 0.6) is 0 Å². The minimum absolute atomic E-state index is 0.00997. The van der Waals surface area contributed by atoms with Crippen LogP contribution in [0.4, 0.5) is 4.79 Å². The Morgan fingerprint density at radius 3 is 2.62 bits per heavy atom. The second kappa shape index (κ2) is 8.54. The van der Waals surface area contributed by atoms with Crippen LogP contribution in [-0.4, -0.2) is 46.9 Å². The maximum atomic E-state index is 13.2. The molecule has 0 aliphatic carbocycles. The van der Waals surface area contributed by atoms with Crippen molar-refractivity contribution in [3.05, 3.63) is 58.0 Å². The lowest BCUT2D eigenvalue weighted by Gasteiger charge is -2.40. The zero-order chi connectivity index (χ0) is 23.0. The molecule has 1 aromatic carbocycles. The molecule has 3 amide bonds. The topological polar surface area (TPSA) is 82.9 Å². The van der Waals surface area contributed by atoms with Crippen molar-refractivity contribution in [2.45, 2.75) is 52.1 Å². The molecule has 2 fully saturated rings. The van der Waals surface area contributed by atoms with E-state index in [4.69, 9.17) is 4.42 Å². The number of imide groups is 1. The van der Waals surface area contributed by atoms with Crippen LogP contribution in [0.25, 0.3) is 11.0 Å². The van der Waals surface area contributed by atoms with Gasteiger partial charge in [-0.25, -0.2) is 4.79 Å². The molecule has 3 heterocycles. The fraction of sp³-hybridized carbons (Fsp3) is 0.480. The molecule has 0 saturated carbocycles. The van der Waals surface area contributed by atoms with Gasteiger partial charge in [-0.3, -0.25) is 19.4 Å². The van der Waals surface area contributed by atoms with Gasteiger partial charge in [0.15, 0.2) is 5.43 Å². The highest BCUT2D eigenvalue weighted by Gasteiger charge is 2.54. The highest BCUT2D eigenvalue weighted by atomic mass is 16.3. The van der Waals surface area contributed by atoms with Crippen molar-refractivity contribution in [1.29, 1.82) is 0 Å². The molecular weight excluding hydrogens is 406 g/mol. The van der Waals surface area contributed by atoms with Crippen molar-refractivity contribution in [2.75, 3.05) is 19.6 Å². The summed E-state index contributed by atoms with van der Waals surface area (Å²) in [4.78, 5) is 42.2. The predicted octanol–water partition coefficient (Wildman–Crippen LogP) is 3.59. The van der Waals surface area contributed by atoms with Crippen LogP contribution in [0.2, 0.25) is 0 Å². The minimum atomic E-state index is -0.849. The van der Waals surface area contributed by atoms with Crippen molar-refractivity contribution in [2.24, 2.45) is 5.92 Å². The number of carbonyl (C=O) groups excluding carboxylic acids is 2. The zero-order valence-electron chi connectivity index (χ0n) is 19.1. The number of nitrogens with one attached hydrogen (secondary N) is 1. The van der Waals surface area contributed by atoms with Gasteiger partial charge in [0.05, 0.1) is 18.2 Å². The van der Waals surface area contributed by atoms with Gasteiger partial charge in [0.1, 0.15) is 11.1 Å². The molecule has 1 unspecified atom stereocenters. The van der Waals surface area contributed by atoms with E-state index in [1.54, 1.807) is 6.26 Å². The van der Waals surface area contributed by atoms with Crippen LogP contribution >= 0.6 is 0 Å². The first-order valence-electron chi connectivity index (χ1n) is 11.3. The summed E-state index contributed by atoms with van der Waals surface area (Å²) in [6.45, 7) is 11.8. The quantitative estimate of drug-likeness (QED) is 0.552. The molecule has 170 valence electrons. The van der Waals surface area contributed by atoms with Gasteiger partial charge in [0.2, 0.25) is 0 Å². The van der Waals surface area contributed by atoms with E-state index in [1.165, 1.54) is 4.90 Å². The number of urea groups is 1. The third-order valence-corrected chi connectivity index (χ3v) is 6.87. The molecule has 7 nitrogen and oxygen atoms in total. The van der Waals surface area contributed by atoms with E-state index in [0.29, 0.717) is 29.5 Å². The monoisotopic (exact) mass is 437 g/mol. The van der Waals surface area contributed by atoms with Crippen molar-refractivity contribution < 1.29 is 14.0 Å². The van der Waals surface area contributed by atoms with E-state index >= 15 is 0 Å². The Bertz CT molecular complexity index is 1130. The summed E-state index contributed by atoms with van der Waals surface area (Å²) < 4.78 is 5.69. The molecule has 1 N–H and O–H groups in total. The molecule has 4 rings (SSSR count). The van der Waals surface area contributed by atoms with Crippen LogP contribution in [0.1, 0.15) is 44.2 Å². The number of benzene rings is 1. The molecule has 1 aromatic heterocycles. The highest BCUT2D eigenvalue weighted by Crippen LogP contribution is 2.36. The molecule has 2 aliphatic heterocycles. The summed E-state index contributed by atoms with van der Waals surface area (Å²) >= 11 is 0. The molecule has 2 saturated heterocycles. The third kappa shape index (κ3) is 3.86. The molecule has 7 heteroatoms. The molecule has 1 atom stereocenters. The Morgan fingerprint density at radius 2 is 1.97 bits per heavy atom. The Labute approximate surface area is 188 Å². The smallest absolute Gasteiger partial charge is 0.325 e. The first-order valence-corrected chi connectivity index (χ1v) is 11.3. The lowest BCUT2D eigenvalue weighted by Crippen LogP contribution is -2.55. The van der Waals surface area contributed by atoms with E-state index in [1.807, 2.05) is 39.0 Å². The van der Waals surface area contributed by atoms with Crippen LogP contribution in [0.3, 0.4) is 0 Å². The average molecular weight is 438 g/mol. The second-order valence-electron chi connectivity index (χ2n) is 9.24. The van der Waals surface area contributed by atoms with Crippen LogP contribution < -0.4 is 10.7 Å². The third-order valence-electron chi connectivity index (χ3n) is 6.87. The molecule has 0 bridgehead atoms. The normalized spacial score (nSPS) is 22.5. The maximum Gasteiger partial charge on any atom is 0.325 e. The summed E-state index contributed by atoms with van der Waals surface area (Å²) in [7, 11) is 0. The lowest BCUT2D eigenvalue weighted by molar-refractivity contribution is -0.134. The summed E-state index contributed by atoms with van der Waals surface area (Å²) in [5.41, 5.74) is 2.21. The molecule has 2 aromatic rings. The van der Waals surface area contributed by atoms with Gasteiger partial charge >= 0.3 is 6.03 Å². The van der Waals surface area contributed by atoms with Gasteiger partial charge in [-0.05, 0) is 64.3 Å². The van der Waals surface area contributed by atoms with Crippen molar-refractivity contribution >= 4 is 22.9 Å². The Kier molecular flexibility index (Phi) is 5.95. The number of amides is 3. The number of carbonyl (C=O) groups is 2. The Hall–Kier alpha value is -2.93. The lowest BCUT2D eigenvalue weighted by atomic mass is 9.75. The number of nitrogens with zero attached hydrogens (tertiary/aromatic N) is 2. The van der Waals surface area contributed by atoms with Gasteiger partial charge < -0.3 is 9.73 Å². The first kappa shape index (κ1) is 22.3. The summed E-state index contributed by atoms with van der Waals surface area (Å²) in [5.74, 6) is -0.0806. The fourth-order valence-corrected chi connectivity index (χ4v) is 5.08. The molecule has 32 heavy (non-hydrogen) atoms. The van der Waals surface area contributed by atoms with E-state index in [9.17, 15) is 14.4 Å². The van der Waals surface area contributed by atoms with Crippen molar-refractivity contribution in [1.82, 2.24) is 15.1 Å². The number of piperidine rings is 1. The maximum absolute atomic E-state index is 13.2. The number of aryl methyl sites for hydroxylation is 1. The van der Waals surface area contributed by atoms with Gasteiger partial charge in [-0.15, -0.1) is 0 Å². The minimum Gasteiger partial charge on any atom is -0.464 e. The standard InChI is InChI=1S/C25H31N3O4/c1-5-25(23(30)28(13-16(2)3)24(31)26-25)19-8-10-27(11-9-19)14-18-15-32-21-7-6-17(4)12-20(21)22(18)29/h6-7,12,15,19H,2,5,8-11,13-14H2,1,3-4H3,(H,26,31). The van der Waals surface area contributed by atoms with E-state index in [2.05, 4.69) is 16.8 Å². The van der Waals surface area contributed by atoms with Gasteiger partial charge in [-0.1, -0.05) is 30.7 Å². The molecule has 0 radical (unpaired) electrons. The van der Waals surface area contributed by atoms with Gasteiger partial charge in [0.25, 0.3) is 5.91 Å². The summed E-state index contributed by atoms with van der Waals surface area (Å²) in [6, 6.07) is 5.30. The van der Waals surface area contributed by atoms with Crippen LogP contribution in [0.15, 0.2) is 45.8 Å². The fourth-order valence-electron chi connectivity index (χ4n) is 5.08. The van der Waals surface area contributed by atoms with Crippen LogP contribution in [-0.2, 0) is 11.3 Å². The molecular formula is C25H31N3O4. The van der Waals surface area contributed by atoms with E-state index in [0.717, 1.165) is 37.1 Å². The number of fused-ring (bicyclic) bond motifs is 1. The predicted molar refractivity (Wildman–Crippen MR) is 123 cm³/mol. The zero-order valence-corrected chi connectivity index (χ0v) is 19.1. The Balaban J connectivity index is 1.46. The van der Waals surface area contributed by atoms with Gasteiger partial charge in [0, 0.05) is 12.1 Å². The van der Waals surface area contributed by atoms with Crippen LogP contribution in [0, 0.1) is 12.8 Å². The van der Waals surface area contributed by atoms with Crippen molar-refractivity contribution in [3.8, 4) is 0 Å². The first-order chi connectivity index (χ1) is 15.2. The SMILES string of the molecule is C=C(C)CN1C(=O)NC(CC)(C2CCN(Cc3coc4ccc(C)cc4c3=O)CC2)C1=O. The number of likely N-dealkylation sites (tertiary alicyclic amines) is 1. The Morgan fingerprint density at radius 1 is 1.25 bits per heavy atom. The van der Waals surface area contributed by atoms with Gasteiger partial charge in [-0.2, -0.15) is 0 Å². The van der Waals surface area contributed by atoms with E-state index < -0.39 is 5.54 Å². The summed E-state index contributed by atoms with van der Waals surface area (Å²) in [5, 5.41) is 3.61. The molecule has 2 aliphatic rings. The highest BCUT2D eigenvalue weighted by molar-refractivity contribution is 6.07.